The van der Waals surface area contributed by atoms with Gasteiger partial charge in [-0.05, 0) is 40.5 Å². The van der Waals surface area contributed by atoms with Crippen LogP contribution in [0, 0.1) is 0 Å². The third-order valence-electron chi connectivity index (χ3n) is 2.57. The summed E-state index contributed by atoms with van der Waals surface area (Å²) in [4.78, 5) is 0. The highest BCUT2D eigenvalue weighted by atomic mass is 32.1. The summed E-state index contributed by atoms with van der Waals surface area (Å²) in [5.74, 6) is 0. The highest BCUT2D eigenvalue weighted by Crippen LogP contribution is 2.09. The minimum Gasteiger partial charge on any atom is -0.368 e. The summed E-state index contributed by atoms with van der Waals surface area (Å²) < 4.78 is 0. The summed E-state index contributed by atoms with van der Waals surface area (Å²) in [5, 5.41) is 7.13. The zero-order valence-electron chi connectivity index (χ0n) is 10.7. The fraction of sp³-hybridized carbons (Fsp3) is 0.0588. The molecule has 0 radical (unpaired) electrons. The van der Waals surface area contributed by atoms with Crippen LogP contribution in [0.25, 0.3) is 0 Å². The summed E-state index contributed by atoms with van der Waals surface area (Å²) in [6.45, 7) is 0. The molecule has 2 heterocycles. The van der Waals surface area contributed by atoms with E-state index in [9.17, 15) is 0 Å². The van der Waals surface area contributed by atoms with Crippen LogP contribution in [0.2, 0.25) is 0 Å². The number of hydrogen-bond donors (Lipinski definition) is 1. The van der Waals surface area contributed by atoms with Crippen LogP contribution in [0.15, 0.2) is 89.4 Å². The molecule has 1 aliphatic rings. The van der Waals surface area contributed by atoms with Crippen LogP contribution in [0.3, 0.4) is 0 Å². The third kappa shape index (κ3) is 5.40. The molecule has 0 unspecified atom stereocenters. The molecule has 1 aromatic heterocycles. The van der Waals surface area contributed by atoms with Gasteiger partial charge in [-0.25, -0.2) is 0 Å². The van der Waals surface area contributed by atoms with Gasteiger partial charge in [0.15, 0.2) is 0 Å². The summed E-state index contributed by atoms with van der Waals surface area (Å²) in [5.41, 5.74) is 2.66. The zero-order valence-corrected chi connectivity index (χ0v) is 11.5. The first kappa shape index (κ1) is 13.4. The van der Waals surface area contributed by atoms with Gasteiger partial charge in [0.05, 0.1) is 0 Å². The van der Waals surface area contributed by atoms with E-state index in [0.717, 1.165) is 6.42 Å². The van der Waals surface area contributed by atoms with Gasteiger partial charge >= 0.3 is 0 Å². The van der Waals surface area contributed by atoms with Crippen molar-refractivity contribution in [2.24, 2.45) is 0 Å². The molecule has 1 aromatic carbocycles. The van der Waals surface area contributed by atoms with Gasteiger partial charge in [0.1, 0.15) is 0 Å². The average molecular weight is 267 g/mol. The van der Waals surface area contributed by atoms with Crippen LogP contribution in [-0.2, 0) is 6.42 Å². The molecule has 0 aliphatic carbocycles. The topological polar surface area (TPSA) is 12.0 Å². The Morgan fingerprint density at radius 3 is 2.37 bits per heavy atom. The molecule has 0 spiro atoms. The van der Waals surface area contributed by atoms with Gasteiger partial charge in [-0.1, -0.05) is 48.5 Å². The minimum absolute atomic E-state index is 0.989. The predicted octanol–water partition coefficient (Wildman–Crippen LogP) is 4.53. The van der Waals surface area contributed by atoms with Crippen LogP contribution in [0.5, 0.6) is 0 Å². The Morgan fingerprint density at radius 2 is 1.68 bits per heavy atom. The lowest BCUT2D eigenvalue weighted by atomic mass is 10.1. The predicted molar refractivity (Wildman–Crippen MR) is 84.0 cm³/mol. The van der Waals surface area contributed by atoms with Crippen molar-refractivity contribution >= 4 is 11.3 Å². The number of nitrogens with one attached hydrogen (secondary N) is 1. The zero-order chi connectivity index (χ0) is 13.2. The number of allylic oxidation sites excluding steroid dienone is 4. The molecule has 19 heavy (non-hydrogen) atoms. The second kappa shape index (κ2) is 8.11. The fourth-order valence-corrected chi connectivity index (χ4v) is 2.12. The number of rotatable bonds is 2. The van der Waals surface area contributed by atoms with Crippen LogP contribution >= 0.6 is 11.3 Å². The molecule has 0 fully saturated rings. The van der Waals surface area contributed by atoms with E-state index in [0.29, 0.717) is 0 Å². The maximum absolute atomic E-state index is 3.05. The molecule has 0 saturated carbocycles. The molecule has 2 heteroatoms. The van der Waals surface area contributed by atoms with Crippen LogP contribution in [0.4, 0.5) is 0 Å². The molecule has 1 nitrogen and oxygen atoms in total. The van der Waals surface area contributed by atoms with E-state index in [1.807, 2.05) is 47.4 Å². The SMILES string of the molecule is C1=CNC=CC(Cc2ccccc2)=C1.c1ccsc1. The van der Waals surface area contributed by atoms with Crippen molar-refractivity contribution in [1.82, 2.24) is 5.32 Å². The molecule has 0 amide bonds. The molecule has 2 aromatic rings. The molecule has 0 saturated heterocycles. The van der Waals surface area contributed by atoms with Crippen molar-refractivity contribution in [3.8, 4) is 0 Å². The van der Waals surface area contributed by atoms with Gasteiger partial charge in [0.25, 0.3) is 0 Å². The monoisotopic (exact) mass is 267 g/mol. The van der Waals surface area contributed by atoms with Crippen molar-refractivity contribution in [1.29, 1.82) is 0 Å². The minimum atomic E-state index is 0.989. The molecule has 0 bridgehead atoms. The number of thiophene rings is 1. The highest BCUT2D eigenvalue weighted by Gasteiger charge is 1.95. The van der Waals surface area contributed by atoms with E-state index in [1.54, 1.807) is 11.3 Å². The first-order chi connectivity index (χ1) is 9.45. The van der Waals surface area contributed by atoms with E-state index in [-0.39, 0.29) is 0 Å². The molecule has 1 aliphatic heterocycles. The van der Waals surface area contributed by atoms with Crippen molar-refractivity contribution in [3.05, 3.63) is 95.0 Å². The molecule has 96 valence electrons. The maximum Gasteiger partial charge on any atom is 0.000729 e. The van der Waals surface area contributed by atoms with Gasteiger partial charge in [-0.2, -0.15) is 11.3 Å². The van der Waals surface area contributed by atoms with Gasteiger partial charge in [0, 0.05) is 12.4 Å². The largest absolute Gasteiger partial charge is 0.368 e. The van der Waals surface area contributed by atoms with Gasteiger partial charge in [0.2, 0.25) is 0 Å². The van der Waals surface area contributed by atoms with E-state index in [1.165, 1.54) is 11.1 Å². The molecule has 1 N–H and O–H groups in total. The Labute approximate surface area is 118 Å². The maximum atomic E-state index is 3.05. The third-order valence-corrected chi connectivity index (χ3v) is 3.20. The Balaban J connectivity index is 0.000000224. The van der Waals surface area contributed by atoms with Crippen molar-refractivity contribution in [2.45, 2.75) is 6.42 Å². The average Bonchev–Trinajstić information content (AvgIpc) is 2.94. The Bertz CT molecular complexity index is 519. The first-order valence-electron chi connectivity index (χ1n) is 6.24. The van der Waals surface area contributed by atoms with Gasteiger partial charge < -0.3 is 5.32 Å². The van der Waals surface area contributed by atoms with Crippen LogP contribution < -0.4 is 5.32 Å². The Kier molecular flexibility index (Phi) is 5.71. The number of benzene rings is 1. The normalized spacial score (nSPS) is 12.7. The lowest BCUT2D eigenvalue weighted by molar-refractivity contribution is 1.17. The summed E-state index contributed by atoms with van der Waals surface area (Å²) in [6.07, 6.45) is 11.1. The fourth-order valence-electron chi connectivity index (χ4n) is 1.67. The summed E-state index contributed by atoms with van der Waals surface area (Å²) in [6, 6.07) is 14.5. The molecule has 0 atom stereocenters. The van der Waals surface area contributed by atoms with Crippen molar-refractivity contribution < 1.29 is 0 Å². The second-order valence-corrected chi connectivity index (χ2v) is 4.87. The van der Waals surface area contributed by atoms with E-state index in [2.05, 4.69) is 41.7 Å². The molecule has 3 rings (SSSR count). The standard InChI is InChI=1S/C13H13N.C4H4S/c1-2-5-12(6-3-1)11-13-7-4-9-14-10-8-13;1-2-4-5-3-1/h1-10,14H,11H2;1-4H. The van der Waals surface area contributed by atoms with Crippen molar-refractivity contribution in [2.75, 3.05) is 0 Å². The quantitative estimate of drug-likeness (QED) is 0.842. The van der Waals surface area contributed by atoms with Gasteiger partial charge in [-0.15, -0.1) is 0 Å². The summed E-state index contributed by atoms with van der Waals surface area (Å²) in [7, 11) is 0. The van der Waals surface area contributed by atoms with E-state index in [4.69, 9.17) is 0 Å². The Hall–Kier alpha value is -2.06. The smallest absolute Gasteiger partial charge is 0.000729 e. The lowest BCUT2D eigenvalue weighted by Gasteiger charge is -2.00. The van der Waals surface area contributed by atoms with E-state index >= 15 is 0 Å². The number of hydrogen-bond acceptors (Lipinski definition) is 2. The van der Waals surface area contributed by atoms with Gasteiger partial charge in [-0.3, -0.25) is 0 Å². The van der Waals surface area contributed by atoms with E-state index < -0.39 is 0 Å². The summed E-state index contributed by atoms with van der Waals surface area (Å²) >= 11 is 1.71. The van der Waals surface area contributed by atoms with Crippen LogP contribution in [-0.4, -0.2) is 0 Å². The second-order valence-electron chi connectivity index (χ2n) is 4.06. The first-order valence-corrected chi connectivity index (χ1v) is 7.19. The molecular weight excluding hydrogens is 250 g/mol. The van der Waals surface area contributed by atoms with Crippen molar-refractivity contribution in [3.63, 3.8) is 0 Å². The highest BCUT2D eigenvalue weighted by molar-refractivity contribution is 7.07. The Morgan fingerprint density at radius 1 is 0.895 bits per heavy atom. The molecular formula is C17H17NS. The lowest BCUT2D eigenvalue weighted by Crippen LogP contribution is -1.90. The van der Waals surface area contributed by atoms with Crippen LogP contribution in [0.1, 0.15) is 5.56 Å².